The highest BCUT2D eigenvalue weighted by molar-refractivity contribution is 5.01. The minimum Gasteiger partial charge on any atom is -0.377 e. The molecule has 0 radical (unpaired) electrons. The van der Waals surface area contributed by atoms with Crippen LogP contribution in [0.1, 0.15) is 19.3 Å². The van der Waals surface area contributed by atoms with Gasteiger partial charge in [0.1, 0.15) is 0 Å². The van der Waals surface area contributed by atoms with Crippen molar-refractivity contribution >= 4 is 0 Å². The van der Waals surface area contributed by atoms with Crippen LogP contribution in [0.5, 0.6) is 0 Å². The van der Waals surface area contributed by atoms with E-state index in [9.17, 15) is 0 Å². The van der Waals surface area contributed by atoms with Crippen LogP contribution in [0.4, 0.5) is 0 Å². The smallest absolute Gasteiger partial charge is 0.0971 e. The standard InChI is InChI=1S/C14H26N2O2/c1-17-12-7-16(8-13(12)18-2)6-11-9-3-4-10(5-9)14(11)15/h9-14H,3-8,15H2,1-2H3. The lowest BCUT2D eigenvalue weighted by Crippen LogP contribution is -2.42. The van der Waals surface area contributed by atoms with Gasteiger partial charge in [0.2, 0.25) is 0 Å². The highest BCUT2D eigenvalue weighted by atomic mass is 16.5. The summed E-state index contributed by atoms with van der Waals surface area (Å²) in [5.74, 6) is 2.39. The molecule has 0 amide bonds. The molecule has 1 saturated heterocycles. The van der Waals surface area contributed by atoms with Crippen LogP contribution in [-0.4, -0.2) is 57.0 Å². The van der Waals surface area contributed by atoms with Crippen molar-refractivity contribution in [3.8, 4) is 0 Å². The summed E-state index contributed by atoms with van der Waals surface area (Å²) in [5.41, 5.74) is 6.39. The zero-order valence-corrected chi connectivity index (χ0v) is 11.5. The van der Waals surface area contributed by atoms with Gasteiger partial charge in [-0.2, -0.15) is 0 Å². The van der Waals surface area contributed by atoms with Crippen LogP contribution >= 0.6 is 0 Å². The summed E-state index contributed by atoms with van der Waals surface area (Å²) in [4.78, 5) is 2.49. The van der Waals surface area contributed by atoms with Crippen LogP contribution in [-0.2, 0) is 9.47 Å². The Balaban J connectivity index is 1.58. The summed E-state index contributed by atoms with van der Waals surface area (Å²) in [5, 5.41) is 0. The molecular formula is C14H26N2O2. The first-order chi connectivity index (χ1) is 8.72. The summed E-state index contributed by atoms with van der Waals surface area (Å²) in [7, 11) is 3.56. The molecule has 3 rings (SSSR count). The fraction of sp³-hybridized carbons (Fsp3) is 1.00. The normalized spacial score (nSPS) is 48.2. The molecule has 18 heavy (non-hydrogen) atoms. The van der Waals surface area contributed by atoms with E-state index in [4.69, 9.17) is 15.2 Å². The summed E-state index contributed by atoms with van der Waals surface area (Å²) < 4.78 is 11.0. The predicted octanol–water partition coefficient (Wildman–Crippen LogP) is 0.705. The van der Waals surface area contributed by atoms with Gasteiger partial charge in [-0.25, -0.2) is 0 Å². The van der Waals surface area contributed by atoms with E-state index in [0.717, 1.165) is 31.5 Å². The van der Waals surface area contributed by atoms with Gasteiger partial charge in [0.05, 0.1) is 12.2 Å². The van der Waals surface area contributed by atoms with E-state index in [1.807, 2.05) is 0 Å². The van der Waals surface area contributed by atoms with Crippen molar-refractivity contribution in [2.24, 2.45) is 23.5 Å². The topological polar surface area (TPSA) is 47.7 Å². The molecule has 4 nitrogen and oxygen atoms in total. The first-order valence-electron chi connectivity index (χ1n) is 7.26. The van der Waals surface area contributed by atoms with Gasteiger partial charge in [-0.1, -0.05) is 0 Å². The second-order valence-electron chi connectivity index (χ2n) is 6.34. The van der Waals surface area contributed by atoms with Crippen LogP contribution in [0.25, 0.3) is 0 Å². The Morgan fingerprint density at radius 1 is 1.06 bits per heavy atom. The van der Waals surface area contributed by atoms with Crippen molar-refractivity contribution in [2.75, 3.05) is 33.9 Å². The maximum absolute atomic E-state index is 6.39. The maximum atomic E-state index is 6.39. The lowest BCUT2D eigenvalue weighted by atomic mass is 9.84. The number of fused-ring (bicyclic) bond motifs is 2. The summed E-state index contributed by atoms with van der Waals surface area (Å²) in [6, 6.07) is 0.436. The van der Waals surface area contributed by atoms with Crippen LogP contribution in [0.3, 0.4) is 0 Å². The van der Waals surface area contributed by atoms with E-state index in [-0.39, 0.29) is 12.2 Å². The lowest BCUT2D eigenvalue weighted by molar-refractivity contribution is -0.00461. The number of hydrogen-bond donors (Lipinski definition) is 1. The van der Waals surface area contributed by atoms with Crippen molar-refractivity contribution in [3.63, 3.8) is 0 Å². The first kappa shape index (κ1) is 12.9. The second-order valence-corrected chi connectivity index (χ2v) is 6.34. The highest BCUT2D eigenvalue weighted by Crippen LogP contribution is 2.48. The summed E-state index contributed by atoms with van der Waals surface area (Å²) >= 11 is 0. The number of hydrogen-bond acceptors (Lipinski definition) is 4. The molecule has 2 N–H and O–H groups in total. The van der Waals surface area contributed by atoms with E-state index in [1.165, 1.54) is 19.3 Å². The van der Waals surface area contributed by atoms with Gasteiger partial charge < -0.3 is 15.2 Å². The molecule has 6 unspecified atom stereocenters. The Morgan fingerprint density at radius 2 is 1.67 bits per heavy atom. The molecule has 6 atom stereocenters. The molecule has 2 aliphatic carbocycles. The van der Waals surface area contributed by atoms with Gasteiger partial charge in [-0.15, -0.1) is 0 Å². The molecule has 1 aliphatic heterocycles. The SMILES string of the molecule is COC1CN(CC2C3CCC(C3)C2N)CC1OC. The van der Waals surface area contributed by atoms with Crippen molar-refractivity contribution in [2.45, 2.75) is 37.5 Å². The minimum absolute atomic E-state index is 0.227. The molecule has 0 spiro atoms. The molecular weight excluding hydrogens is 228 g/mol. The number of nitrogens with two attached hydrogens (primary N) is 1. The van der Waals surface area contributed by atoms with E-state index < -0.39 is 0 Å². The number of ether oxygens (including phenoxy) is 2. The Kier molecular flexibility index (Phi) is 3.63. The van der Waals surface area contributed by atoms with Gasteiger partial charge in [0.25, 0.3) is 0 Å². The maximum Gasteiger partial charge on any atom is 0.0971 e. The quantitative estimate of drug-likeness (QED) is 0.802. The van der Waals surface area contributed by atoms with Crippen molar-refractivity contribution < 1.29 is 9.47 Å². The van der Waals surface area contributed by atoms with E-state index in [0.29, 0.717) is 12.0 Å². The molecule has 2 saturated carbocycles. The highest BCUT2D eigenvalue weighted by Gasteiger charge is 2.47. The average Bonchev–Trinajstić information content (AvgIpc) is 3.06. The number of nitrogens with zero attached hydrogens (tertiary/aromatic N) is 1. The van der Waals surface area contributed by atoms with E-state index in [2.05, 4.69) is 4.90 Å². The van der Waals surface area contributed by atoms with Gasteiger partial charge >= 0.3 is 0 Å². The van der Waals surface area contributed by atoms with Gasteiger partial charge in [-0.05, 0) is 37.0 Å². The third-order valence-corrected chi connectivity index (χ3v) is 5.52. The number of likely N-dealkylation sites (tertiary alicyclic amines) is 1. The second kappa shape index (κ2) is 5.08. The lowest BCUT2D eigenvalue weighted by Gasteiger charge is -2.31. The minimum atomic E-state index is 0.227. The van der Waals surface area contributed by atoms with Crippen molar-refractivity contribution in [1.29, 1.82) is 0 Å². The molecule has 2 bridgehead atoms. The molecule has 1 heterocycles. The Hall–Kier alpha value is -0.160. The third kappa shape index (κ3) is 2.09. The fourth-order valence-corrected chi connectivity index (χ4v) is 4.44. The molecule has 3 aliphatic rings. The van der Waals surface area contributed by atoms with Gasteiger partial charge in [0, 0.05) is 39.9 Å². The van der Waals surface area contributed by atoms with Crippen LogP contribution in [0.2, 0.25) is 0 Å². The average molecular weight is 254 g/mol. The Morgan fingerprint density at radius 3 is 2.17 bits per heavy atom. The van der Waals surface area contributed by atoms with E-state index >= 15 is 0 Å². The Labute approximate surface area is 110 Å². The molecule has 0 aromatic carbocycles. The summed E-state index contributed by atoms with van der Waals surface area (Å²) in [6.45, 7) is 3.13. The zero-order chi connectivity index (χ0) is 12.7. The zero-order valence-electron chi connectivity index (χ0n) is 11.5. The van der Waals surface area contributed by atoms with Gasteiger partial charge in [-0.3, -0.25) is 4.90 Å². The predicted molar refractivity (Wildman–Crippen MR) is 70.3 cm³/mol. The first-order valence-corrected chi connectivity index (χ1v) is 7.26. The fourth-order valence-electron chi connectivity index (χ4n) is 4.44. The van der Waals surface area contributed by atoms with Crippen LogP contribution in [0, 0.1) is 17.8 Å². The summed E-state index contributed by atoms with van der Waals surface area (Å²) in [6.07, 6.45) is 4.60. The molecule has 4 heteroatoms. The Bertz CT molecular complexity index is 286. The van der Waals surface area contributed by atoms with Crippen LogP contribution in [0.15, 0.2) is 0 Å². The monoisotopic (exact) mass is 254 g/mol. The molecule has 0 aromatic heterocycles. The van der Waals surface area contributed by atoms with Crippen LogP contribution < -0.4 is 5.73 Å². The number of rotatable bonds is 4. The number of methoxy groups -OCH3 is 2. The van der Waals surface area contributed by atoms with Crippen molar-refractivity contribution in [3.05, 3.63) is 0 Å². The third-order valence-electron chi connectivity index (χ3n) is 5.52. The van der Waals surface area contributed by atoms with Gasteiger partial charge in [0.15, 0.2) is 0 Å². The van der Waals surface area contributed by atoms with E-state index in [1.54, 1.807) is 14.2 Å². The van der Waals surface area contributed by atoms with Crippen molar-refractivity contribution in [1.82, 2.24) is 4.90 Å². The molecule has 3 fully saturated rings. The molecule has 0 aromatic rings. The molecule has 104 valence electrons. The largest absolute Gasteiger partial charge is 0.377 e.